The Labute approximate surface area is 236 Å². The summed E-state index contributed by atoms with van der Waals surface area (Å²) in [5, 5.41) is 10.4. The molecule has 200 valence electrons. The molecule has 4 aromatic rings. The van der Waals surface area contributed by atoms with Crippen LogP contribution in [0.15, 0.2) is 102 Å². The SMILES string of the molecule is Cc1ccc(COc2cccc(C3C(C#N)=C(N)Oc4cc(OC(=O)COc5cccc(Cl)c5)ccc43)c2)cc1. The highest BCUT2D eigenvalue weighted by Gasteiger charge is 2.31. The average molecular weight is 553 g/mol. The maximum absolute atomic E-state index is 12.4. The molecule has 1 unspecified atom stereocenters. The Hall–Kier alpha value is -4.93. The van der Waals surface area contributed by atoms with Crippen molar-refractivity contribution < 1.29 is 23.7 Å². The molecule has 8 heteroatoms. The summed E-state index contributed by atoms with van der Waals surface area (Å²) >= 11 is 5.95. The molecule has 1 aliphatic rings. The Bertz CT molecular complexity index is 1630. The van der Waals surface area contributed by atoms with E-state index in [4.69, 9.17) is 36.3 Å². The highest BCUT2D eigenvalue weighted by molar-refractivity contribution is 6.30. The molecule has 1 aliphatic heterocycles. The Morgan fingerprint density at radius 1 is 0.950 bits per heavy atom. The minimum Gasteiger partial charge on any atom is -0.489 e. The summed E-state index contributed by atoms with van der Waals surface area (Å²) in [4.78, 5) is 12.4. The van der Waals surface area contributed by atoms with Crippen LogP contribution in [0.4, 0.5) is 0 Å². The first-order valence-corrected chi connectivity index (χ1v) is 12.9. The molecule has 2 N–H and O–H groups in total. The molecule has 1 heterocycles. The van der Waals surface area contributed by atoms with Crippen molar-refractivity contribution in [2.75, 3.05) is 6.61 Å². The monoisotopic (exact) mass is 552 g/mol. The van der Waals surface area contributed by atoms with E-state index < -0.39 is 11.9 Å². The summed E-state index contributed by atoms with van der Waals surface area (Å²) in [7, 11) is 0. The number of carbonyl (C=O) groups excluding carboxylic acids is 1. The standard InChI is InChI=1S/C32H25ClN2O5/c1-20-8-10-21(11-9-20)18-37-24-6-2-4-22(14-24)31-27-13-12-26(16-29(27)40-32(35)28(31)17-34)39-30(36)19-38-25-7-3-5-23(33)15-25/h2-16,31H,18-19,35H2,1H3. The quantitative estimate of drug-likeness (QED) is 0.198. The fourth-order valence-corrected chi connectivity index (χ4v) is 4.52. The van der Waals surface area contributed by atoms with E-state index in [9.17, 15) is 10.1 Å². The van der Waals surface area contributed by atoms with E-state index in [0.717, 1.165) is 11.1 Å². The molecule has 0 saturated heterocycles. The normalized spacial score (nSPS) is 14.0. The second kappa shape index (κ2) is 11.9. The van der Waals surface area contributed by atoms with Gasteiger partial charge < -0.3 is 24.7 Å². The van der Waals surface area contributed by atoms with Gasteiger partial charge in [-0.2, -0.15) is 5.26 Å². The smallest absolute Gasteiger partial charge is 0.349 e. The molecule has 0 bridgehead atoms. The second-order valence-electron chi connectivity index (χ2n) is 9.19. The Kier molecular flexibility index (Phi) is 7.90. The lowest BCUT2D eigenvalue weighted by Gasteiger charge is -2.27. The van der Waals surface area contributed by atoms with Crippen LogP contribution in [0.5, 0.6) is 23.0 Å². The summed E-state index contributed by atoms with van der Waals surface area (Å²) in [5.74, 6) is 0.632. The lowest BCUT2D eigenvalue weighted by atomic mass is 9.83. The first kappa shape index (κ1) is 26.7. The van der Waals surface area contributed by atoms with Crippen molar-refractivity contribution >= 4 is 17.6 Å². The third-order valence-electron chi connectivity index (χ3n) is 6.29. The van der Waals surface area contributed by atoms with Gasteiger partial charge in [-0.25, -0.2) is 4.79 Å². The fourth-order valence-electron chi connectivity index (χ4n) is 4.34. The molecule has 7 nitrogen and oxygen atoms in total. The molecule has 40 heavy (non-hydrogen) atoms. The third kappa shape index (κ3) is 6.20. The largest absolute Gasteiger partial charge is 0.489 e. The van der Waals surface area contributed by atoms with Gasteiger partial charge in [0.1, 0.15) is 41.2 Å². The van der Waals surface area contributed by atoms with E-state index in [0.29, 0.717) is 34.4 Å². The maximum atomic E-state index is 12.4. The second-order valence-corrected chi connectivity index (χ2v) is 9.63. The molecule has 0 aromatic heterocycles. The van der Waals surface area contributed by atoms with Gasteiger partial charge in [0.25, 0.3) is 0 Å². The van der Waals surface area contributed by atoms with Gasteiger partial charge in [0, 0.05) is 16.7 Å². The predicted molar refractivity (Wildman–Crippen MR) is 150 cm³/mol. The number of rotatable bonds is 8. The molecule has 0 aliphatic carbocycles. The number of esters is 1. The van der Waals surface area contributed by atoms with Crippen LogP contribution >= 0.6 is 11.6 Å². The summed E-state index contributed by atoms with van der Waals surface area (Å²) in [6.45, 7) is 2.14. The van der Waals surface area contributed by atoms with Crippen LogP contribution in [0.25, 0.3) is 0 Å². The molecule has 0 radical (unpaired) electrons. The Morgan fingerprint density at radius 3 is 2.45 bits per heavy atom. The van der Waals surface area contributed by atoms with Crippen molar-refractivity contribution in [1.29, 1.82) is 5.26 Å². The van der Waals surface area contributed by atoms with Gasteiger partial charge in [0.05, 0.1) is 5.92 Å². The van der Waals surface area contributed by atoms with Gasteiger partial charge in [-0.15, -0.1) is 0 Å². The lowest BCUT2D eigenvalue weighted by molar-refractivity contribution is -0.136. The van der Waals surface area contributed by atoms with Gasteiger partial charge in [0.2, 0.25) is 5.88 Å². The number of allylic oxidation sites excluding steroid dienone is 1. The lowest BCUT2D eigenvalue weighted by Crippen LogP contribution is -2.21. The highest BCUT2D eigenvalue weighted by atomic mass is 35.5. The van der Waals surface area contributed by atoms with E-state index in [1.54, 1.807) is 42.5 Å². The van der Waals surface area contributed by atoms with Gasteiger partial charge in [-0.3, -0.25) is 0 Å². The number of ether oxygens (including phenoxy) is 4. The number of aryl methyl sites for hydroxylation is 1. The summed E-state index contributed by atoms with van der Waals surface area (Å²) in [5.41, 5.74) is 10.2. The van der Waals surface area contributed by atoms with E-state index in [-0.39, 0.29) is 23.8 Å². The number of benzene rings is 4. The van der Waals surface area contributed by atoms with Crippen molar-refractivity contribution in [3.8, 4) is 29.1 Å². The molecule has 5 rings (SSSR count). The number of nitrogens with zero attached hydrogens (tertiary/aromatic N) is 1. The van der Waals surface area contributed by atoms with E-state index >= 15 is 0 Å². The topological polar surface area (TPSA) is 104 Å². The maximum Gasteiger partial charge on any atom is 0.349 e. The molecular weight excluding hydrogens is 528 g/mol. The Morgan fingerprint density at radius 2 is 1.70 bits per heavy atom. The number of nitrogens with two attached hydrogens (primary N) is 1. The third-order valence-corrected chi connectivity index (χ3v) is 6.53. The molecular formula is C32H25ClN2O5. The number of carbonyl (C=O) groups is 1. The summed E-state index contributed by atoms with van der Waals surface area (Å²) < 4.78 is 22.7. The van der Waals surface area contributed by atoms with Crippen LogP contribution in [0.2, 0.25) is 5.02 Å². The molecule has 0 amide bonds. The van der Waals surface area contributed by atoms with Gasteiger partial charge >= 0.3 is 5.97 Å². The number of hydrogen-bond acceptors (Lipinski definition) is 7. The van der Waals surface area contributed by atoms with Crippen LogP contribution in [0.3, 0.4) is 0 Å². The number of fused-ring (bicyclic) bond motifs is 1. The first-order valence-electron chi connectivity index (χ1n) is 12.5. The van der Waals surface area contributed by atoms with Gasteiger partial charge in [-0.05, 0) is 54.4 Å². The van der Waals surface area contributed by atoms with Crippen LogP contribution in [0, 0.1) is 18.3 Å². The molecule has 0 saturated carbocycles. The minimum absolute atomic E-state index is 0.0151. The highest BCUT2D eigenvalue weighted by Crippen LogP contribution is 2.44. The van der Waals surface area contributed by atoms with Crippen LogP contribution in [-0.4, -0.2) is 12.6 Å². The zero-order chi connectivity index (χ0) is 28.1. The summed E-state index contributed by atoms with van der Waals surface area (Å²) in [6.07, 6.45) is 0. The number of hydrogen-bond donors (Lipinski definition) is 1. The number of nitriles is 1. The van der Waals surface area contributed by atoms with Crippen molar-refractivity contribution in [1.82, 2.24) is 0 Å². The predicted octanol–water partition coefficient (Wildman–Crippen LogP) is 6.43. The van der Waals surface area contributed by atoms with E-state index in [2.05, 4.69) is 6.07 Å². The molecule has 0 spiro atoms. The zero-order valence-corrected chi connectivity index (χ0v) is 22.4. The first-order chi connectivity index (χ1) is 19.4. The molecule has 4 aromatic carbocycles. The number of halogens is 1. The van der Waals surface area contributed by atoms with Gasteiger partial charge in [-0.1, -0.05) is 65.7 Å². The summed E-state index contributed by atoms with van der Waals surface area (Å²) in [6, 6.07) is 29.5. The van der Waals surface area contributed by atoms with Crippen molar-refractivity contribution in [3.05, 3.63) is 130 Å². The van der Waals surface area contributed by atoms with Crippen LogP contribution < -0.4 is 24.7 Å². The van der Waals surface area contributed by atoms with Crippen LogP contribution in [0.1, 0.15) is 28.2 Å². The molecule has 0 fully saturated rings. The van der Waals surface area contributed by atoms with E-state index in [1.807, 2.05) is 55.5 Å². The fraction of sp³-hybridized carbons (Fsp3) is 0.125. The van der Waals surface area contributed by atoms with Crippen molar-refractivity contribution in [3.63, 3.8) is 0 Å². The minimum atomic E-state index is -0.605. The van der Waals surface area contributed by atoms with Crippen molar-refractivity contribution in [2.24, 2.45) is 5.73 Å². The molecule has 1 atom stereocenters. The van der Waals surface area contributed by atoms with Crippen molar-refractivity contribution in [2.45, 2.75) is 19.4 Å². The van der Waals surface area contributed by atoms with Gasteiger partial charge in [0.15, 0.2) is 6.61 Å². The zero-order valence-electron chi connectivity index (χ0n) is 21.6. The average Bonchev–Trinajstić information content (AvgIpc) is 2.95. The van der Waals surface area contributed by atoms with Crippen LogP contribution in [-0.2, 0) is 11.4 Å². The van der Waals surface area contributed by atoms with E-state index in [1.165, 1.54) is 5.56 Å². The Balaban J connectivity index is 1.33.